The van der Waals surface area contributed by atoms with E-state index in [9.17, 15) is 4.79 Å². The molecule has 0 spiro atoms. The van der Waals surface area contributed by atoms with Crippen molar-refractivity contribution in [3.63, 3.8) is 0 Å². The summed E-state index contributed by atoms with van der Waals surface area (Å²) < 4.78 is 0. The van der Waals surface area contributed by atoms with Crippen molar-refractivity contribution in [2.75, 3.05) is 12.4 Å². The molecule has 1 atom stereocenters. The first-order valence-corrected chi connectivity index (χ1v) is 8.59. The molecule has 3 nitrogen and oxygen atoms in total. The number of carbonyl (C=O) groups excluding carboxylic acids is 1. The van der Waals surface area contributed by atoms with Crippen LogP contribution in [-0.2, 0) is 11.3 Å². The van der Waals surface area contributed by atoms with Crippen LogP contribution in [0.3, 0.4) is 0 Å². The number of rotatable bonds is 5. The lowest BCUT2D eigenvalue weighted by atomic mass is 10.1. The zero-order chi connectivity index (χ0) is 17.8. The van der Waals surface area contributed by atoms with Crippen molar-refractivity contribution in [2.45, 2.75) is 26.4 Å². The van der Waals surface area contributed by atoms with E-state index in [4.69, 9.17) is 0 Å². The minimum Gasteiger partial charge on any atom is -0.324 e. The zero-order valence-corrected chi connectivity index (χ0v) is 15.0. The summed E-state index contributed by atoms with van der Waals surface area (Å²) in [4.78, 5) is 14.6. The number of hydrogen-bond donors (Lipinski definition) is 1. The fraction of sp³-hybridized carbons (Fsp3) is 0.227. The molecule has 1 N–H and O–H groups in total. The number of nitrogens with zero attached hydrogens (tertiary/aromatic N) is 1. The highest BCUT2D eigenvalue weighted by Gasteiger charge is 2.18. The Balaban J connectivity index is 1.67. The third-order valence-corrected chi connectivity index (χ3v) is 4.69. The number of para-hydroxylation sites is 1. The molecular formula is C22H24N2O. The minimum atomic E-state index is -0.217. The van der Waals surface area contributed by atoms with Crippen molar-refractivity contribution >= 4 is 22.4 Å². The lowest BCUT2D eigenvalue weighted by Crippen LogP contribution is -2.39. The van der Waals surface area contributed by atoms with Gasteiger partial charge in [-0.05, 0) is 54.9 Å². The molecule has 0 unspecified atom stereocenters. The molecule has 0 heterocycles. The average molecular weight is 332 g/mol. The Morgan fingerprint density at radius 1 is 1.00 bits per heavy atom. The standard InChI is InChI=1S/C22H24N2O/c1-16-8-4-7-11-21(16)23-22(25)17(2)24(3)15-18-12-13-19-9-5-6-10-20(19)14-18/h4-14,17H,15H2,1-3H3,(H,23,25)/t17-/m0/s1. The van der Waals surface area contributed by atoms with Crippen LogP contribution >= 0.6 is 0 Å². The van der Waals surface area contributed by atoms with Gasteiger partial charge in [0.05, 0.1) is 6.04 Å². The molecular weight excluding hydrogens is 308 g/mol. The van der Waals surface area contributed by atoms with Crippen molar-refractivity contribution in [1.29, 1.82) is 0 Å². The maximum absolute atomic E-state index is 12.6. The van der Waals surface area contributed by atoms with Gasteiger partial charge in [-0.1, -0.05) is 54.6 Å². The fourth-order valence-electron chi connectivity index (χ4n) is 2.91. The van der Waals surface area contributed by atoms with Gasteiger partial charge < -0.3 is 5.32 Å². The summed E-state index contributed by atoms with van der Waals surface area (Å²) in [5.41, 5.74) is 3.15. The first-order valence-electron chi connectivity index (χ1n) is 8.59. The number of nitrogens with one attached hydrogen (secondary N) is 1. The highest BCUT2D eigenvalue weighted by Crippen LogP contribution is 2.18. The van der Waals surface area contributed by atoms with Gasteiger partial charge in [0.25, 0.3) is 0 Å². The van der Waals surface area contributed by atoms with Crippen LogP contribution in [0, 0.1) is 6.92 Å². The van der Waals surface area contributed by atoms with E-state index in [1.165, 1.54) is 16.3 Å². The molecule has 0 aliphatic rings. The summed E-state index contributed by atoms with van der Waals surface area (Å²) in [5.74, 6) is 0.0117. The predicted octanol–water partition coefficient (Wildman–Crippen LogP) is 4.61. The molecule has 1 amide bonds. The van der Waals surface area contributed by atoms with Crippen molar-refractivity contribution < 1.29 is 4.79 Å². The molecule has 0 radical (unpaired) electrons. The van der Waals surface area contributed by atoms with E-state index in [2.05, 4.69) is 40.5 Å². The van der Waals surface area contributed by atoms with E-state index in [-0.39, 0.29) is 11.9 Å². The largest absolute Gasteiger partial charge is 0.324 e. The Morgan fingerprint density at radius 2 is 1.68 bits per heavy atom. The SMILES string of the molecule is Cc1ccccc1NC(=O)[C@H](C)N(C)Cc1ccc2ccccc2c1. The van der Waals surface area contributed by atoms with Gasteiger partial charge in [-0.15, -0.1) is 0 Å². The summed E-state index contributed by atoms with van der Waals surface area (Å²) in [6, 6.07) is 22.4. The van der Waals surface area contributed by atoms with E-state index < -0.39 is 0 Å². The second kappa shape index (κ2) is 7.49. The Labute approximate surface area is 149 Å². The molecule has 0 fully saturated rings. The Hall–Kier alpha value is -2.65. The van der Waals surface area contributed by atoms with E-state index in [0.29, 0.717) is 0 Å². The number of amides is 1. The van der Waals surface area contributed by atoms with Gasteiger partial charge in [0, 0.05) is 12.2 Å². The molecule has 3 aromatic rings. The fourth-order valence-corrected chi connectivity index (χ4v) is 2.91. The summed E-state index contributed by atoms with van der Waals surface area (Å²) in [5, 5.41) is 5.49. The third kappa shape index (κ3) is 4.06. The van der Waals surface area contributed by atoms with Crippen LogP contribution in [0.5, 0.6) is 0 Å². The topological polar surface area (TPSA) is 32.3 Å². The average Bonchev–Trinajstić information content (AvgIpc) is 2.62. The summed E-state index contributed by atoms with van der Waals surface area (Å²) >= 11 is 0. The van der Waals surface area contributed by atoms with Gasteiger partial charge in [-0.25, -0.2) is 0 Å². The molecule has 128 valence electrons. The number of benzene rings is 3. The molecule has 0 saturated carbocycles. The molecule has 0 aliphatic carbocycles. The van der Waals surface area contributed by atoms with Gasteiger partial charge in [-0.3, -0.25) is 9.69 Å². The smallest absolute Gasteiger partial charge is 0.241 e. The van der Waals surface area contributed by atoms with Gasteiger partial charge >= 0.3 is 0 Å². The Kier molecular flexibility index (Phi) is 5.15. The zero-order valence-electron chi connectivity index (χ0n) is 15.0. The van der Waals surface area contributed by atoms with Crippen LogP contribution in [0.2, 0.25) is 0 Å². The number of hydrogen-bond acceptors (Lipinski definition) is 2. The summed E-state index contributed by atoms with van der Waals surface area (Å²) in [6.07, 6.45) is 0. The third-order valence-electron chi connectivity index (χ3n) is 4.69. The van der Waals surface area contributed by atoms with E-state index >= 15 is 0 Å². The van der Waals surface area contributed by atoms with Crippen molar-refractivity contribution in [3.05, 3.63) is 77.9 Å². The van der Waals surface area contributed by atoms with E-state index in [1.807, 2.05) is 57.3 Å². The normalized spacial score (nSPS) is 12.3. The first kappa shape index (κ1) is 17.2. The molecule has 25 heavy (non-hydrogen) atoms. The van der Waals surface area contributed by atoms with Crippen molar-refractivity contribution in [3.8, 4) is 0 Å². The van der Waals surface area contributed by atoms with Crippen LogP contribution in [0.1, 0.15) is 18.1 Å². The van der Waals surface area contributed by atoms with Crippen LogP contribution < -0.4 is 5.32 Å². The highest BCUT2D eigenvalue weighted by atomic mass is 16.2. The monoisotopic (exact) mass is 332 g/mol. The van der Waals surface area contributed by atoms with Crippen LogP contribution in [0.15, 0.2) is 66.7 Å². The second-order valence-corrected chi connectivity index (χ2v) is 6.58. The molecule has 3 rings (SSSR count). The van der Waals surface area contributed by atoms with Crippen molar-refractivity contribution in [2.24, 2.45) is 0 Å². The van der Waals surface area contributed by atoms with Crippen molar-refractivity contribution in [1.82, 2.24) is 4.90 Å². The molecule has 3 aromatic carbocycles. The molecule has 0 saturated heterocycles. The Bertz CT molecular complexity index is 888. The first-order chi connectivity index (χ1) is 12.0. The summed E-state index contributed by atoms with van der Waals surface area (Å²) in [7, 11) is 1.98. The van der Waals surface area contributed by atoms with Crippen LogP contribution in [0.4, 0.5) is 5.69 Å². The lowest BCUT2D eigenvalue weighted by Gasteiger charge is -2.24. The minimum absolute atomic E-state index is 0.0117. The van der Waals surface area contributed by atoms with E-state index in [1.54, 1.807) is 0 Å². The maximum Gasteiger partial charge on any atom is 0.241 e. The number of anilines is 1. The van der Waals surface area contributed by atoms with Crippen LogP contribution in [0.25, 0.3) is 10.8 Å². The van der Waals surface area contributed by atoms with Gasteiger partial charge in [-0.2, -0.15) is 0 Å². The maximum atomic E-state index is 12.6. The van der Waals surface area contributed by atoms with Crippen LogP contribution in [-0.4, -0.2) is 23.9 Å². The molecule has 0 aliphatic heterocycles. The molecule has 3 heteroatoms. The highest BCUT2D eigenvalue weighted by molar-refractivity contribution is 5.95. The second-order valence-electron chi connectivity index (χ2n) is 6.58. The number of likely N-dealkylation sites (N-methyl/N-ethyl adjacent to an activating group) is 1. The predicted molar refractivity (Wildman–Crippen MR) is 105 cm³/mol. The number of carbonyl (C=O) groups is 1. The summed E-state index contributed by atoms with van der Waals surface area (Å²) in [6.45, 7) is 4.67. The Morgan fingerprint density at radius 3 is 2.44 bits per heavy atom. The number of fused-ring (bicyclic) bond motifs is 1. The van der Waals surface area contributed by atoms with E-state index in [0.717, 1.165) is 17.8 Å². The molecule has 0 aromatic heterocycles. The number of aryl methyl sites for hydroxylation is 1. The molecule has 0 bridgehead atoms. The lowest BCUT2D eigenvalue weighted by molar-refractivity contribution is -0.120. The van der Waals surface area contributed by atoms with Gasteiger partial charge in [0.15, 0.2) is 0 Å². The van der Waals surface area contributed by atoms with Gasteiger partial charge in [0.1, 0.15) is 0 Å². The quantitative estimate of drug-likeness (QED) is 0.740. The van der Waals surface area contributed by atoms with Gasteiger partial charge in [0.2, 0.25) is 5.91 Å².